The topological polar surface area (TPSA) is 84.2 Å². The second-order valence-electron chi connectivity index (χ2n) is 8.59. The average molecular weight is 396 g/mol. The molecule has 0 radical (unpaired) electrons. The van der Waals surface area contributed by atoms with Crippen LogP contribution in [0.15, 0.2) is 16.8 Å². The van der Waals surface area contributed by atoms with Crippen LogP contribution in [0, 0.1) is 0 Å². The molecule has 2 aliphatic heterocycles. The van der Waals surface area contributed by atoms with Crippen molar-refractivity contribution in [1.82, 2.24) is 25.3 Å². The second-order valence-corrected chi connectivity index (χ2v) is 8.59. The summed E-state index contributed by atoms with van der Waals surface area (Å²) < 4.78 is 5.52. The molecule has 2 fully saturated rings. The third-order valence-electron chi connectivity index (χ3n) is 6.65. The molecular weight excluding hydrogens is 366 g/mol. The lowest BCUT2D eigenvalue weighted by atomic mass is 9.87. The Hall–Kier alpha value is -2.28. The van der Waals surface area contributed by atoms with Crippen molar-refractivity contribution in [2.24, 2.45) is 0 Å². The van der Waals surface area contributed by atoms with Crippen molar-refractivity contribution in [2.75, 3.05) is 13.1 Å². The number of aromatic nitrogens is 3. The molecule has 0 bridgehead atoms. The van der Waals surface area contributed by atoms with E-state index in [4.69, 9.17) is 9.51 Å². The highest BCUT2D eigenvalue weighted by molar-refractivity contribution is 5.91. The van der Waals surface area contributed by atoms with E-state index < -0.39 is 0 Å². The maximum absolute atomic E-state index is 13.3. The molecule has 1 saturated carbocycles. The van der Waals surface area contributed by atoms with E-state index in [1.807, 2.05) is 17.2 Å². The average Bonchev–Trinajstić information content (AvgIpc) is 3.29. The van der Waals surface area contributed by atoms with Gasteiger partial charge in [-0.1, -0.05) is 24.4 Å². The van der Waals surface area contributed by atoms with Crippen molar-refractivity contribution >= 4 is 5.91 Å². The molecule has 29 heavy (non-hydrogen) atoms. The molecular formula is C22H29N5O2. The summed E-state index contributed by atoms with van der Waals surface area (Å²) in [5.74, 6) is 1.49. The zero-order valence-electron chi connectivity index (χ0n) is 16.9. The quantitative estimate of drug-likeness (QED) is 0.856. The van der Waals surface area contributed by atoms with Crippen molar-refractivity contribution in [2.45, 2.75) is 76.3 Å². The van der Waals surface area contributed by atoms with E-state index in [1.165, 1.54) is 24.8 Å². The maximum Gasteiger partial charge on any atom is 0.293 e. The van der Waals surface area contributed by atoms with Gasteiger partial charge in [0, 0.05) is 55.5 Å². The monoisotopic (exact) mass is 395 g/mol. The summed E-state index contributed by atoms with van der Waals surface area (Å²) >= 11 is 0. The van der Waals surface area contributed by atoms with E-state index >= 15 is 0 Å². The molecule has 1 amide bonds. The minimum Gasteiger partial charge on any atom is -0.351 e. The standard InChI is InChI=1S/C22H29N5O2/c28-22(20-12-18(26-29-20)15-6-2-1-3-7-15)27-11-5-4-8-19(27)21-24-14-16-13-23-10-9-17(16)25-21/h12,14-15,19,23H,1-11,13H2. The molecule has 1 saturated heterocycles. The number of piperidine rings is 1. The smallest absolute Gasteiger partial charge is 0.293 e. The molecule has 1 aliphatic carbocycles. The van der Waals surface area contributed by atoms with E-state index in [1.54, 1.807) is 0 Å². The number of rotatable bonds is 3. The first-order valence-electron chi connectivity index (χ1n) is 11.1. The van der Waals surface area contributed by atoms with Crippen LogP contribution in [0.4, 0.5) is 0 Å². The number of hydrogen-bond acceptors (Lipinski definition) is 6. The summed E-state index contributed by atoms with van der Waals surface area (Å²) in [5, 5.41) is 7.60. The Morgan fingerprint density at radius 3 is 2.90 bits per heavy atom. The number of nitrogens with one attached hydrogen (secondary N) is 1. The highest BCUT2D eigenvalue weighted by Crippen LogP contribution is 2.34. The lowest BCUT2D eigenvalue weighted by Gasteiger charge is -2.34. The Morgan fingerprint density at radius 2 is 2.00 bits per heavy atom. The number of nitrogens with zero attached hydrogens (tertiary/aromatic N) is 4. The van der Waals surface area contributed by atoms with Gasteiger partial charge in [-0.15, -0.1) is 0 Å². The van der Waals surface area contributed by atoms with Gasteiger partial charge in [-0.3, -0.25) is 4.79 Å². The predicted octanol–water partition coefficient (Wildman–Crippen LogP) is 3.53. The molecule has 1 atom stereocenters. The molecule has 0 spiro atoms. The minimum atomic E-state index is -0.0836. The molecule has 3 aliphatic rings. The van der Waals surface area contributed by atoms with Crippen LogP contribution >= 0.6 is 0 Å². The van der Waals surface area contributed by atoms with Crippen LogP contribution in [0.25, 0.3) is 0 Å². The highest BCUT2D eigenvalue weighted by Gasteiger charge is 2.33. The SMILES string of the molecule is O=C(c1cc(C2CCCCC2)no1)N1CCCCC1c1ncc2c(n1)CCNC2. The molecule has 1 unspecified atom stereocenters. The van der Waals surface area contributed by atoms with Gasteiger partial charge in [-0.05, 0) is 32.1 Å². The van der Waals surface area contributed by atoms with Gasteiger partial charge in [0.1, 0.15) is 0 Å². The zero-order chi connectivity index (χ0) is 19.6. The van der Waals surface area contributed by atoms with Crippen LogP contribution in [-0.2, 0) is 13.0 Å². The zero-order valence-corrected chi connectivity index (χ0v) is 16.9. The van der Waals surface area contributed by atoms with Crippen molar-refractivity contribution < 1.29 is 9.32 Å². The van der Waals surface area contributed by atoms with Crippen LogP contribution in [0.2, 0.25) is 0 Å². The summed E-state index contributed by atoms with van der Waals surface area (Å²) in [6.45, 7) is 2.48. The molecule has 5 rings (SSSR count). The van der Waals surface area contributed by atoms with Crippen molar-refractivity contribution in [1.29, 1.82) is 0 Å². The molecule has 2 aromatic heterocycles. The fourth-order valence-electron chi connectivity index (χ4n) is 4.98. The molecule has 1 N–H and O–H groups in total. The summed E-state index contributed by atoms with van der Waals surface area (Å²) in [4.78, 5) is 24.7. The van der Waals surface area contributed by atoms with Gasteiger partial charge in [-0.2, -0.15) is 0 Å². The van der Waals surface area contributed by atoms with Gasteiger partial charge in [0.05, 0.1) is 11.7 Å². The van der Waals surface area contributed by atoms with Crippen molar-refractivity contribution in [3.63, 3.8) is 0 Å². The molecule has 7 nitrogen and oxygen atoms in total. The van der Waals surface area contributed by atoms with Gasteiger partial charge in [-0.25, -0.2) is 9.97 Å². The van der Waals surface area contributed by atoms with Gasteiger partial charge in [0.2, 0.25) is 5.76 Å². The number of fused-ring (bicyclic) bond motifs is 1. The molecule has 0 aromatic carbocycles. The van der Waals surface area contributed by atoms with Gasteiger partial charge >= 0.3 is 0 Å². The Morgan fingerprint density at radius 1 is 1.14 bits per heavy atom. The van der Waals surface area contributed by atoms with Crippen LogP contribution in [0.3, 0.4) is 0 Å². The van der Waals surface area contributed by atoms with E-state index in [-0.39, 0.29) is 11.9 Å². The molecule has 4 heterocycles. The minimum absolute atomic E-state index is 0.0766. The highest BCUT2D eigenvalue weighted by atomic mass is 16.5. The Balaban J connectivity index is 1.37. The summed E-state index contributed by atoms with van der Waals surface area (Å²) in [7, 11) is 0. The summed E-state index contributed by atoms with van der Waals surface area (Å²) in [6.07, 6.45) is 11.9. The first-order valence-corrected chi connectivity index (χ1v) is 11.1. The molecule has 7 heteroatoms. The predicted molar refractivity (Wildman–Crippen MR) is 107 cm³/mol. The van der Waals surface area contributed by atoms with Gasteiger partial charge < -0.3 is 14.7 Å². The van der Waals surface area contributed by atoms with Gasteiger partial charge in [0.15, 0.2) is 5.82 Å². The van der Waals surface area contributed by atoms with Crippen molar-refractivity contribution in [3.8, 4) is 0 Å². The normalized spacial score (nSPS) is 23.0. The van der Waals surface area contributed by atoms with Crippen molar-refractivity contribution in [3.05, 3.63) is 40.8 Å². The lowest BCUT2D eigenvalue weighted by molar-refractivity contribution is 0.0557. The number of carbonyl (C=O) groups is 1. The van der Waals surface area contributed by atoms with Gasteiger partial charge in [0.25, 0.3) is 5.91 Å². The fraction of sp³-hybridized carbons (Fsp3) is 0.636. The third kappa shape index (κ3) is 3.80. The largest absolute Gasteiger partial charge is 0.351 e. The molecule has 2 aromatic rings. The number of amides is 1. The number of carbonyl (C=O) groups excluding carboxylic acids is 1. The van der Waals surface area contributed by atoms with E-state index in [0.29, 0.717) is 18.2 Å². The Kier molecular flexibility index (Phi) is 5.31. The molecule has 154 valence electrons. The number of likely N-dealkylation sites (tertiary alicyclic amines) is 1. The first-order chi connectivity index (χ1) is 14.3. The lowest BCUT2D eigenvalue weighted by Crippen LogP contribution is -2.39. The van der Waals surface area contributed by atoms with Crippen LogP contribution in [0.5, 0.6) is 0 Å². The Labute approximate surface area is 171 Å². The fourth-order valence-corrected chi connectivity index (χ4v) is 4.98. The summed E-state index contributed by atoms with van der Waals surface area (Å²) in [6, 6.07) is 1.79. The van der Waals surface area contributed by atoms with E-state index in [0.717, 1.165) is 68.8 Å². The third-order valence-corrected chi connectivity index (χ3v) is 6.65. The van der Waals surface area contributed by atoms with Crippen LogP contribution in [-0.4, -0.2) is 39.0 Å². The second kappa shape index (κ2) is 8.22. The number of hydrogen-bond donors (Lipinski definition) is 1. The Bertz CT molecular complexity index is 874. The maximum atomic E-state index is 13.3. The van der Waals surface area contributed by atoms with E-state index in [9.17, 15) is 4.79 Å². The van der Waals surface area contributed by atoms with Crippen LogP contribution in [0.1, 0.15) is 96.7 Å². The van der Waals surface area contributed by atoms with E-state index in [2.05, 4.69) is 15.5 Å². The summed E-state index contributed by atoms with van der Waals surface area (Å²) in [5.41, 5.74) is 3.23. The van der Waals surface area contributed by atoms with Crippen LogP contribution < -0.4 is 5.32 Å². The first kappa shape index (κ1) is 18.7.